The van der Waals surface area contributed by atoms with E-state index < -0.39 is 21.7 Å². The Morgan fingerprint density at radius 3 is 2.44 bits per heavy atom. The summed E-state index contributed by atoms with van der Waals surface area (Å²) in [6.07, 6.45) is 2.32. The van der Waals surface area contributed by atoms with Gasteiger partial charge in [0.1, 0.15) is 0 Å². The Bertz CT molecular complexity index is 335. The Labute approximate surface area is 95.9 Å². The predicted octanol–water partition coefficient (Wildman–Crippen LogP) is -0.572. The molecule has 0 aromatic heterocycles. The van der Waals surface area contributed by atoms with E-state index in [0.29, 0.717) is 13.1 Å². The molecule has 0 bridgehead atoms. The Kier molecular flexibility index (Phi) is 4.69. The number of nitrogens with zero attached hydrogens (tertiary/aromatic N) is 2. The SMILES string of the molecule is CN(CCN1CCCC1)S(=O)(=O)CC(=O)O. The summed E-state index contributed by atoms with van der Waals surface area (Å²) in [7, 11) is -2.22. The van der Waals surface area contributed by atoms with Gasteiger partial charge in [0.05, 0.1) is 0 Å². The van der Waals surface area contributed by atoms with Gasteiger partial charge in [-0.05, 0) is 25.9 Å². The molecular weight excluding hydrogens is 232 g/mol. The van der Waals surface area contributed by atoms with E-state index >= 15 is 0 Å². The maximum Gasteiger partial charge on any atom is 0.320 e. The zero-order chi connectivity index (χ0) is 12.2. The average Bonchev–Trinajstić information content (AvgIpc) is 2.64. The van der Waals surface area contributed by atoms with Crippen LogP contribution in [0, 0.1) is 0 Å². The molecule has 0 radical (unpaired) electrons. The smallest absolute Gasteiger partial charge is 0.320 e. The molecule has 1 aliphatic heterocycles. The lowest BCUT2D eigenvalue weighted by molar-refractivity contribution is -0.134. The highest BCUT2D eigenvalue weighted by atomic mass is 32.2. The van der Waals surface area contributed by atoms with E-state index in [4.69, 9.17) is 5.11 Å². The Balaban J connectivity index is 2.38. The molecular formula is C9H18N2O4S. The number of likely N-dealkylation sites (tertiary alicyclic amines) is 1. The first-order chi connectivity index (χ1) is 7.42. The lowest BCUT2D eigenvalue weighted by atomic mass is 10.4. The molecule has 0 aromatic carbocycles. The molecule has 1 aliphatic rings. The van der Waals surface area contributed by atoms with Gasteiger partial charge in [-0.25, -0.2) is 12.7 Å². The van der Waals surface area contributed by atoms with Crippen LogP contribution < -0.4 is 0 Å². The van der Waals surface area contributed by atoms with Gasteiger partial charge in [-0.3, -0.25) is 4.79 Å². The monoisotopic (exact) mass is 250 g/mol. The topological polar surface area (TPSA) is 77.9 Å². The van der Waals surface area contributed by atoms with Gasteiger partial charge in [-0.15, -0.1) is 0 Å². The molecule has 0 saturated carbocycles. The second kappa shape index (κ2) is 5.60. The zero-order valence-corrected chi connectivity index (χ0v) is 10.2. The third kappa shape index (κ3) is 4.07. The molecule has 1 N–H and O–H groups in total. The number of rotatable bonds is 6. The van der Waals surface area contributed by atoms with Crippen LogP contribution >= 0.6 is 0 Å². The van der Waals surface area contributed by atoms with Crippen molar-refractivity contribution in [3.8, 4) is 0 Å². The van der Waals surface area contributed by atoms with Crippen LogP contribution in [0.25, 0.3) is 0 Å². The van der Waals surface area contributed by atoms with Gasteiger partial charge in [0.15, 0.2) is 5.75 Å². The molecule has 1 saturated heterocycles. The van der Waals surface area contributed by atoms with Crippen LogP contribution in [0.5, 0.6) is 0 Å². The Hall–Kier alpha value is -0.660. The second-order valence-electron chi connectivity index (χ2n) is 4.02. The summed E-state index contributed by atoms with van der Waals surface area (Å²) in [5.74, 6) is -2.14. The van der Waals surface area contributed by atoms with Gasteiger partial charge < -0.3 is 10.0 Å². The van der Waals surface area contributed by atoms with Crippen LogP contribution in [0.3, 0.4) is 0 Å². The van der Waals surface area contributed by atoms with Crippen LogP contribution in [0.15, 0.2) is 0 Å². The molecule has 6 nitrogen and oxygen atoms in total. The first kappa shape index (κ1) is 13.4. The first-order valence-electron chi connectivity index (χ1n) is 5.30. The molecule has 7 heteroatoms. The lowest BCUT2D eigenvalue weighted by Crippen LogP contribution is -2.37. The van der Waals surface area contributed by atoms with Crippen molar-refractivity contribution in [2.45, 2.75) is 12.8 Å². The van der Waals surface area contributed by atoms with Gasteiger partial charge in [-0.2, -0.15) is 0 Å². The lowest BCUT2D eigenvalue weighted by Gasteiger charge is -2.20. The standard InChI is InChI=1S/C9H18N2O4S/c1-10(16(14,15)8-9(12)13)6-7-11-4-2-3-5-11/h2-8H2,1H3,(H,12,13). The van der Waals surface area contributed by atoms with Crippen LogP contribution in [0.4, 0.5) is 0 Å². The molecule has 0 aliphatic carbocycles. The van der Waals surface area contributed by atoms with Crippen molar-refractivity contribution < 1.29 is 18.3 Å². The number of hydrogen-bond acceptors (Lipinski definition) is 4. The van der Waals surface area contributed by atoms with E-state index in [1.54, 1.807) is 0 Å². The molecule has 0 spiro atoms. The third-order valence-electron chi connectivity index (χ3n) is 2.71. The Morgan fingerprint density at radius 2 is 1.94 bits per heavy atom. The minimum Gasteiger partial charge on any atom is -0.480 e. The number of sulfonamides is 1. The summed E-state index contributed by atoms with van der Waals surface area (Å²) in [5, 5.41) is 8.46. The van der Waals surface area contributed by atoms with Crippen molar-refractivity contribution in [2.24, 2.45) is 0 Å². The summed E-state index contributed by atoms with van der Waals surface area (Å²) in [6, 6.07) is 0. The van der Waals surface area contributed by atoms with Gasteiger partial charge in [0, 0.05) is 20.1 Å². The Morgan fingerprint density at radius 1 is 1.38 bits per heavy atom. The fourth-order valence-corrected chi connectivity index (χ4v) is 2.59. The highest BCUT2D eigenvalue weighted by Gasteiger charge is 2.22. The maximum absolute atomic E-state index is 11.5. The summed E-state index contributed by atoms with van der Waals surface area (Å²) in [4.78, 5) is 12.6. The first-order valence-corrected chi connectivity index (χ1v) is 6.91. The van der Waals surface area contributed by atoms with Crippen molar-refractivity contribution in [3.05, 3.63) is 0 Å². The van der Waals surface area contributed by atoms with Gasteiger partial charge >= 0.3 is 5.97 Å². The van der Waals surface area contributed by atoms with Crippen LogP contribution in [-0.2, 0) is 14.8 Å². The van der Waals surface area contributed by atoms with Gasteiger partial charge in [0.2, 0.25) is 10.0 Å². The van der Waals surface area contributed by atoms with Crippen molar-refractivity contribution >= 4 is 16.0 Å². The predicted molar refractivity (Wildman–Crippen MR) is 59.7 cm³/mol. The van der Waals surface area contributed by atoms with Crippen molar-refractivity contribution in [1.29, 1.82) is 0 Å². The second-order valence-corrected chi connectivity index (χ2v) is 6.10. The number of carboxylic acids is 1. The molecule has 1 heterocycles. The van der Waals surface area contributed by atoms with E-state index in [2.05, 4.69) is 4.90 Å². The molecule has 1 fully saturated rings. The van der Waals surface area contributed by atoms with Crippen LogP contribution in [-0.4, -0.2) is 67.7 Å². The molecule has 16 heavy (non-hydrogen) atoms. The average molecular weight is 250 g/mol. The highest BCUT2D eigenvalue weighted by molar-refractivity contribution is 7.89. The number of hydrogen-bond donors (Lipinski definition) is 1. The summed E-state index contributed by atoms with van der Waals surface area (Å²) in [6.45, 7) is 3.05. The molecule has 0 amide bonds. The minimum absolute atomic E-state index is 0.357. The summed E-state index contributed by atoms with van der Waals surface area (Å²) >= 11 is 0. The molecule has 0 aromatic rings. The van der Waals surface area contributed by atoms with Crippen molar-refractivity contribution in [3.63, 3.8) is 0 Å². The number of carboxylic acid groups (broad SMARTS) is 1. The molecule has 0 unspecified atom stereocenters. The number of carbonyl (C=O) groups is 1. The van der Waals surface area contributed by atoms with Crippen LogP contribution in [0.1, 0.15) is 12.8 Å². The van der Waals surface area contributed by atoms with E-state index in [-0.39, 0.29) is 0 Å². The zero-order valence-electron chi connectivity index (χ0n) is 9.42. The quantitative estimate of drug-likeness (QED) is 0.683. The molecule has 0 atom stereocenters. The fraction of sp³-hybridized carbons (Fsp3) is 0.889. The van der Waals surface area contributed by atoms with Crippen molar-refractivity contribution in [1.82, 2.24) is 9.21 Å². The van der Waals surface area contributed by atoms with E-state index in [1.807, 2.05) is 0 Å². The summed E-state index contributed by atoms with van der Waals surface area (Å²) < 4.78 is 24.1. The summed E-state index contributed by atoms with van der Waals surface area (Å²) in [5.41, 5.74) is 0. The van der Waals surface area contributed by atoms with Gasteiger partial charge in [-0.1, -0.05) is 0 Å². The van der Waals surface area contributed by atoms with E-state index in [0.717, 1.165) is 30.2 Å². The van der Waals surface area contributed by atoms with E-state index in [1.165, 1.54) is 7.05 Å². The fourth-order valence-electron chi connectivity index (χ4n) is 1.69. The van der Waals surface area contributed by atoms with Gasteiger partial charge in [0.25, 0.3) is 0 Å². The molecule has 94 valence electrons. The minimum atomic E-state index is -3.64. The normalized spacial score (nSPS) is 18.1. The van der Waals surface area contributed by atoms with E-state index in [9.17, 15) is 13.2 Å². The number of likely N-dealkylation sites (N-methyl/N-ethyl adjacent to an activating group) is 1. The highest BCUT2D eigenvalue weighted by Crippen LogP contribution is 2.07. The number of aliphatic carboxylic acids is 1. The largest absolute Gasteiger partial charge is 0.480 e. The van der Waals surface area contributed by atoms with Crippen molar-refractivity contribution in [2.75, 3.05) is 39.0 Å². The molecule has 1 rings (SSSR count). The third-order valence-corrected chi connectivity index (χ3v) is 4.45. The van der Waals surface area contributed by atoms with Crippen LogP contribution in [0.2, 0.25) is 0 Å². The maximum atomic E-state index is 11.5.